The molecule has 0 N–H and O–H groups in total. The maximum absolute atomic E-state index is 11.4. The van der Waals surface area contributed by atoms with Crippen LogP contribution in [0.3, 0.4) is 0 Å². The summed E-state index contributed by atoms with van der Waals surface area (Å²) < 4.78 is 4.69. The fourth-order valence-corrected chi connectivity index (χ4v) is 2.99. The number of hydrogen-bond acceptors (Lipinski definition) is 3. The van der Waals surface area contributed by atoms with E-state index in [-0.39, 0.29) is 12.4 Å². The molecular weight excluding hydrogens is 312 g/mol. The van der Waals surface area contributed by atoms with Crippen molar-refractivity contribution in [1.29, 1.82) is 0 Å². The summed E-state index contributed by atoms with van der Waals surface area (Å²) in [5.74, 6) is -1.05. The van der Waals surface area contributed by atoms with Crippen molar-refractivity contribution < 1.29 is 14.3 Å². The fourth-order valence-electron chi connectivity index (χ4n) is 2.99. The lowest BCUT2D eigenvalue weighted by Gasteiger charge is -2.04. The van der Waals surface area contributed by atoms with Crippen molar-refractivity contribution >= 4 is 11.8 Å². The van der Waals surface area contributed by atoms with Crippen LogP contribution >= 0.6 is 0 Å². The highest BCUT2D eigenvalue weighted by Crippen LogP contribution is 2.13. The van der Waals surface area contributed by atoms with Crippen LogP contribution in [-0.2, 0) is 20.7 Å². The number of ether oxygens (including phenoxy) is 1. The quantitative estimate of drug-likeness (QED) is 0.234. The van der Waals surface area contributed by atoms with Crippen LogP contribution in [0.5, 0.6) is 0 Å². The lowest BCUT2D eigenvalue weighted by molar-refractivity contribution is -0.153. The first-order valence-corrected chi connectivity index (χ1v) is 9.98. The SMILES string of the molecule is CCOC(=O)C(=O)CCCCCCCCCCCCc1ccccc1. The van der Waals surface area contributed by atoms with Gasteiger partial charge in [-0.05, 0) is 31.7 Å². The number of ketones is 1. The largest absolute Gasteiger partial charge is 0.460 e. The van der Waals surface area contributed by atoms with E-state index in [0.29, 0.717) is 6.42 Å². The van der Waals surface area contributed by atoms with Gasteiger partial charge < -0.3 is 4.74 Å². The summed E-state index contributed by atoms with van der Waals surface area (Å²) >= 11 is 0. The van der Waals surface area contributed by atoms with Crippen molar-refractivity contribution in [3.8, 4) is 0 Å². The number of aryl methyl sites for hydroxylation is 1. The summed E-state index contributed by atoms with van der Waals surface area (Å²) in [5, 5.41) is 0. The van der Waals surface area contributed by atoms with E-state index in [1.165, 1.54) is 56.9 Å². The van der Waals surface area contributed by atoms with Crippen molar-refractivity contribution in [3.63, 3.8) is 0 Å². The second-order valence-corrected chi connectivity index (χ2v) is 6.66. The number of benzene rings is 1. The van der Waals surface area contributed by atoms with E-state index in [0.717, 1.165) is 19.3 Å². The van der Waals surface area contributed by atoms with Gasteiger partial charge in [0.25, 0.3) is 0 Å². The predicted octanol–water partition coefficient (Wildman–Crippen LogP) is 5.65. The Morgan fingerprint density at radius 3 is 1.84 bits per heavy atom. The molecule has 0 aliphatic carbocycles. The lowest BCUT2D eigenvalue weighted by Crippen LogP contribution is -2.16. The van der Waals surface area contributed by atoms with Gasteiger partial charge in [0.2, 0.25) is 5.78 Å². The van der Waals surface area contributed by atoms with Gasteiger partial charge in [0.15, 0.2) is 0 Å². The minimum Gasteiger partial charge on any atom is -0.460 e. The first-order chi connectivity index (χ1) is 12.2. The highest BCUT2D eigenvalue weighted by atomic mass is 16.5. The zero-order valence-electron chi connectivity index (χ0n) is 15.8. The molecular formula is C22H34O3. The van der Waals surface area contributed by atoms with Gasteiger partial charge >= 0.3 is 5.97 Å². The van der Waals surface area contributed by atoms with Gasteiger partial charge in [-0.2, -0.15) is 0 Å². The Hall–Kier alpha value is -1.64. The van der Waals surface area contributed by atoms with E-state index in [4.69, 9.17) is 4.74 Å². The standard InChI is InChI=1S/C22H34O3/c1-2-25-22(24)21(23)19-15-10-8-6-4-3-5-7-9-12-16-20-17-13-11-14-18-20/h11,13-14,17-18H,2-10,12,15-16,19H2,1H3. The minimum absolute atomic E-state index is 0.275. The molecule has 0 unspecified atom stereocenters. The number of esters is 1. The van der Waals surface area contributed by atoms with E-state index >= 15 is 0 Å². The molecule has 140 valence electrons. The van der Waals surface area contributed by atoms with Gasteiger partial charge in [-0.15, -0.1) is 0 Å². The number of carbonyl (C=O) groups excluding carboxylic acids is 2. The third kappa shape index (κ3) is 11.5. The molecule has 0 aliphatic rings. The van der Waals surface area contributed by atoms with Crippen LogP contribution in [0, 0.1) is 0 Å². The van der Waals surface area contributed by atoms with E-state index in [1.54, 1.807) is 6.92 Å². The zero-order chi connectivity index (χ0) is 18.2. The molecule has 0 spiro atoms. The number of Topliss-reactive ketones (excluding diaryl/α,β-unsaturated/α-hetero) is 1. The molecule has 0 bridgehead atoms. The van der Waals surface area contributed by atoms with Crippen molar-refractivity contribution in [2.75, 3.05) is 6.61 Å². The average Bonchev–Trinajstić information content (AvgIpc) is 2.63. The van der Waals surface area contributed by atoms with Gasteiger partial charge in [-0.1, -0.05) is 81.7 Å². The first-order valence-electron chi connectivity index (χ1n) is 9.98. The van der Waals surface area contributed by atoms with Crippen LogP contribution in [0.15, 0.2) is 30.3 Å². The summed E-state index contributed by atoms with van der Waals surface area (Å²) in [6.07, 6.45) is 13.6. The Kier molecular flexibility index (Phi) is 12.6. The van der Waals surface area contributed by atoms with E-state index in [1.807, 2.05) is 0 Å². The molecule has 1 aromatic rings. The predicted molar refractivity (Wildman–Crippen MR) is 103 cm³/mol. The van der Waals surface area contributed by atoms with Crippen LogP contribution in [-0.4, -0.2) is 18.4 Å². The van der Waals surface area contributed by atoms with Crippen LogP contribution in [0.25, 0.3) is 0 Å². The molecule has 25 heavy (non-hydrogen) atoms. The highest BCUT2D eigenvalue weighted by molar-refractivity contribution is 6.33. The fraction of sp³-hybridized carbons (Fsp3) is 0.636. The second-order valence-electron chi connectivity index (χ2n) is 6.66. The summed E-state index contributed by atoms with van der Waals surface area (Å²) in [6, 6.07) is 10.7. The lowest BCUT2D eigenvalue weighted by atomic mass is 10.0. The summed E-state index contributed by atoms with van der Waals surface area (Å²) in [7, 11) is 0. The third-order valence-electron chi connectivity index (χ3n) is 4.47. The van der Waals surface area contributed by atoms with E-state index < -0.39 is 5.97 Å². The Labute approximate surface area is 153 Å². The maximum Gasteiger partial charge on any atom is 0.374 e. The molecule has 0 atom stereocenters. The van der Waals surface area contributed by atoms with Gasteiger partial charge in [-0.25, -0.2) is 4.79 Å². The minimum atomic E-state index is -0.672. The Morgan fingerprint density at radius 2 is 1.28 bits per heavy atom. The molecule has 1 rings (SSSR count). The normalized spacial score (nSPS) is 10.6. The van der Waals surface area contributed by atoms with E-state index in [9.17, 15) is 9.59 Å². The van der Waals surface area contributed by atoms with Gasteiger partial charge in [0.05, 0.1) is 6.61 Å². The molecule has 0 radical (unpaired) electrons. The van der Waals surface area contributed by atoms with Crippen molar-refractivity contribution in [2.24, 2.45) is 0 Å². The van der Waals surface area contributed by atoms with Crippen LogP contribution in [0.1, 0.15) is 83.1 Å². The molecule has 3 nitrogen and oxygen atoms in total. The Balaban J connectivity index is 1.81. The second kappa shape index (κ2) is 14.7. The molecule has 0 fully saturated rings. The van der Waals surface area contributed by atoms with Crippen molar-refractivity contribution in [3.05, 3.63) is 35.9 Å². The van der Waals surface area contributed by atoms with Crippen molar-refractivity contribution in [2.45, 2.75) is 84.0 Å². The Bertz CT molecular complexity index is 467. The summed E-state index contributed by atoms with van der Waals surface area (Å²) in [6.45, 7) is 1.99. The third-order valence-corrected chi connectivity index (χ3v) is 4.47. The number of unbranched alkanes of at least 4 members (excludes halogenated alkanes) is 9. The highest BCUT2D eigenvalue weighted by Gasteiger charge is 2.13. The molecule has 0 saturated heterocycles. The number of carbonyl (C=O) groups is 2. The molecule has 0 heterocycles. The van der Waals surface area contributed by atoms with Gasteiger partial charge in [-0.3, -0.25) is 4.79 Å². The summed E-state index contributed by atoms with van der Waals surface area (Å²) in [4.78, 5) is 22.6. The van der Waals surface area contributed by atoms with Gasteiger partial charge in [0.1, 0.15) is 0 Å². The topological polar surface area (TPSA) is 43.4 Å². The molecule has 0 amide bonds. The molecule has 0 aliphatic heterocycles. The van der Waals surface area contributed by atoms with Crippen LogP contribution < -0.4 is 0 Å². The van der Waals surface area contributed by atoms with Crippen LogP contribution in [0.2, 0.25) is 0 Å². The van der Waals surface area contributed by atoms with Crippen molar-refractivity contribution in [1.82, 2.24) is 0 Å². The van der Waals surface area contributed by atoms with E-state index in [2.05, 4.69) is 30.3 Å². The average molecular weight is 347 g/mol. The Morgan fingerprint density at radius 1 is 0.760 bits per heavy atom. The van der Waals surface area contributed by atoms with Crippen LogP contribution in [0.4, 0.5) is 0 Å². The summed E-state index contributed by atoms with van der Waals surface area (Å²) in [5.41, 5.74) is 1.45. The zero-order valence-corrected chi connectivity index (χ0v) is 15.8. The smallest absolute Gasteiger partial charge is 0.374 e. The molecule has 0 aromatic heterocycles. The number of hydrogen-bond donors (Lipinski definition) is 0. The molecule has 0 saturated carbocycles. The maximum atomic E-state index is 11.4. The first kappa shape index (κ1) is 21.4. The molecule has 3 heteroatoms. The van der Waals surface area contributed by atoms with Gasteiger partial charge in [0, 0.05) is 6.42 Å². The number of rotatable bonds is 15. The monoisotopic (exact) mass is 346 g/mol. The molecule has 1 aromatic carbocycles.